The number of Topliss-reactive ketones (excluding diaryl/α,β-unsaturated/α-hetero) is 4. The molecule has 0 fully saturated rings. The number of aryl methyl sites for hydroxylation is 2. The van der Waals surface area contributed by atoms with Gasteiger partial charge < -0.3 is 20.4 Å². The molecule has 0 saturated heterocycles. The molecule has 0 heterocycles. The molecule has 0 unspecified atom stereocenters. The van der Waals surface area contributed by atoms with Gasteiger partial charge >= 0.3 is 0 Å². The number of phenols is 2. The summed E-state index contributed by atoms with van der Waals surface area (Å²) in [5.41, 5.74) is -2.24. The molecule has 150 valence electrons. The first-order valence-electron chi connectivity index (χ1n) is 8.77. The summed E-state index contributed by atoms with van der Waals surface area (Å²) in [6, 6.07) is 5.05. The van der Waals surface area contributed by atoms with E-state index in [9.17, 15) is 39.6 Å². The molecule has 0 spiro atoms. The van der Waals surface area contributed by atoms with Crippen LogP contribution in [0.1, 0.15) is 43.0 Å². The van der Waals surface area contributed by atoms with Crippen molar-refractivity contribution in [1.29, 1.82) is 0 Å². The molecule has 8 heteroatoms. The topological polar surface area (TPSA) is 149 Å². The molecule has 0 radical (unpaired) electrons. The molecule has 0 amide bonds. The average Bonchev–Trinajstić information content (AvgIpc) is 2.65. The number of hydrogen-bond donors (Lipinski definition) is 4. The van der Waals surface area contributed by atoms with E-state index in [0.717, 1.165) is 0 Å². The number of aliphatic hydroxyl groups is 2. The van der Waals surface area contributed by atoms with Crippen molar-refractivity contribution in [2.45, 2.75) is 13.8 Å². The third kappa shape index (κ3) is 2.40. The summed E-state index contributed by atoms with van der Waals surface area (Å²) in [6.07, 6.45) is 0. The highest BCUT2D eigenvalue weighted by Crippen LogP contribution is 2.43. The Morgan fingerprint density at radius 1 is 0.533 bits per heavy atom. The fourth-order valence-electron chi connectivity index (χ4n) is 3.79. The summed E-state index contributed by atoms with van der Waals surface area (Å²) in [4.78, 5) is 50.7. The van der Waals surface area contributed by atoms with Crippen molar-refractivity contribution >= 4 is 34.7 Å². The Labute approximate surface area is 169 Å². The number of allylic oxidation sites excluding steroid dienone is 2. The van der Waals surface area contributed by atoms with Crippen molar-refractivity contribution in [3.8, 4) is 11.5 Å². The number of benzene rings is 2. The molecule has 2 aliphatic rings. The van der Waals surface area contributed by atoms with Gasteiger partial charge in [0.2, 0.25) is 23.1 Å². The second-order valence-electron chi connectivity index (χ2n) is 7.18. The van der Waals surface area contributed by atoms with Gasteiger partial charge in [-0.1, -0.05) is 0 Å². The number of hydrogen-bond acceptors (Lipinski definition) is 8. The molecule has 0 aromatic heterocycles. The summed E-state index contributed by atoms with van der Waals surface area (Å²) in [5.74, 6) is -7.81. The van der Waals surface area contributed by atoms with E-state index in [2.05, 4.69) is 0 Å². The molecule has 4 N–H and O–H groups in total. The first-order chi connectivity index (χ1) is 14.0. The molecule has 0 atom stereocenters. The van der Waals surface area contributed by atoms with E-state index in [1.807, 2.05) is 0 Å². The Morgan fingerprint density at radius 3 is 1.20 bits per heavy atom. The van der Waals surface area contributed by atoms with Crippen LogP contribution in [0.3, 0.4) is 0 Å². The van der Waals surface area contributed by atoms with Crippen molar-refractivity contribution in [3.05, 3.63) is 68.8 Å². The van der Waals surface area contributed by atoms with Gasteiger partial charge in [0.1, 0.15) is 23.0 Å². The summed E-state index contributed by atoms with van der Waals surface area (Å²) >= 11 is 0. The maximum absolute atomic E-state index is 12.7. The van der Waals surface area contributed by atoms with Crippen LogP contribution < -0.4 is 0 Å². The lowest BCUT2D eigenvalue weighted by Crippen LogP contribution is -2.32. The molecular weight excluding hydrogens is 392 g/mol. The Bertz CT molecular complexity index is 1210. The lowest BCUT2D eigenvalue weighted by Gasteiger charge is -2.24. The number of rotatable bonds is 1. The number of carbonyl (C=O) groups excluding carboxylic acids is 4. The number of aliphatic hydroxyl groups excluding tert-OH is 2. The largest absolute Gasteiger partial charge is 0.507 e. The van der Waals surface area contributed by atoms with Crippen LogP contribution >= 0.6 is 0 Å². The monoisotopic (exact) mass is 406 g/mol. The Kier molecular flexibility index (Phi) is 3.92. The van der Waals surface area contributed by atoms with E-state index in [0.29, 0.717) is 11.1 Å². The van der Waals surface area contributed by atoms with Gasteiger partial charge in [0.05, 0.1) is 22.3 Å². The smallest absolute Gasteiger partial charge is 0.238 e. The van der Waals surface area contributed by atoms with Crippen molar-refractivity contribution in [3.63, 3.8) is 0 Å². The van der Waals surface area contributed by atoms with Crippen molar-refractivity contribution in [2.75, 3.05) is 0 Å². The highest BCUT2D eigenvalue weighted by molar-refractivity contribution is 6.60. The lowest BCUT2D eigenvalue weighted by atomic mass is 9.78. The first kappa shape index (κ1) is 19.1. The van der Waals surface area contributed by atoms with Gasteiger partial charge in [-0.05, 0) is 49.2 Å². The zero-order valence-corrected chi connectivity index (χ0v) is 15.7. The fourth-order valence-corrected chi connectivity index (χ4v) is 3.79. The van der Waals surface area contributed by atoms with Gasteiger partial charge in [-0.2, -0.15) is 0 Å². The van der Waals surface area contributed by atoms with Gasteiger partial charge in [-0.15, -0.1) is 0 Å². The van der Waals surface area contributed by atoms with E-state index in [-0.39, 0.29) is 22.3 Å². The lowest BCUT2D eigenvalue weighted by molar-refractivity contribution is -0.114. The molecule has 8 nitrogen and oxygen atoms in total. The summed E-state index contributed by atoms with van der Waals surface area (Å²) in [7, 11) is 0. The van der Waals surface area contributed by atoms with E-state index < -0.39 is 57.3 Å². The molecule has 0 saturated carbocycles. The van der Waals surface area contributed by atoms with Crippen LogP contribution in [0.15, 0.2) is 35.4 Å². The average molecular weight is 406 g/mol. The maximum atomic E-state index is 12.7. The van der Waals surface area contributed by atoms with Gasteiger partial charge in [-0.25, -0.2) is 0 Å². The number of carbonyl (C=O) groups is 4. The zero-order chi connectivity index (χ0) is 22.1. The molecular formula is C22H14O8. The minimum atomic E-state index is -1.33. The van der Waals surface area contributed by atoms with Crippen LogP contribution in [0, 0.1) is 13.8 Å². The Balaban J connectivity index is 2.10. The summed E-state index contributed by atoms with van der Waals surface area (Å²) in [5, 5.41) is 41.8. The second kappa shape index (κ2) is 6.15. The summed E-state index contributed by atoms with van der Waals surface area (Å²) < 4.78 is 0. The van der Waals surface area contributed by atoms with Crippen LogP contribution in [0.5, 0.6) is 11.5 Å². The van der Waals surface area contributed by atoms with Crippen molar-refractivity contribution in [2.24, 2.45) is 0 Å². The van der Waals surface area contributed by atoms with Gasteiger partial charge in [0.15, 0.2) is 0 Å². The number of aromatic hydroxyl groups is 2. The highest BCUT2D eigenvalue weighted by Gasteiger charge is 2.44. The molecule has 2 aromatic rings. The number of ketones is 4. The quantitative estimate of drug-likeness (QED) is 0.528. The molecule has 30 heavy (non-hydrogen) atoms. The Hall–Kier alpha value is -4.20. The maximum Gasteiger partial charge on any atom is 0.238 e. The van der Waals surface area contributed by atoms with E-state index >= 15 is 0 Å². The van der Waals surface area contributed by atoms with E-state index in [1.165, 1.54) is 24.3 Å². The predicted molar refractivity (Wildman–Crippen MR) is 103 cm³/mol. The minimum absolute atomic E-state index is 0.271. The van der Waals surface area contributed by atoms with Crippen molar-refractivity contribution in [1.82, 2.24) is 0 Å². The zero-order valence-electron chi connectivity index (χ0n) is 15.7. The van der Waals surface area contributed by atoms with Crippen LogP contribution in [0.4, 0.5) is 0 Å². The van der Waals surface area contributed by atoms with Crippen molar-refractivity contribution < 1.29 is 39.6 Å². The van der Waals surface area contributed by atoms with Crippen LogP contribution in [-0.4, -0.2) is 43.6 Å². The normalized spacial score (nSPS) is 16.2. The van der Waals surface area contributed by atoms with Crippen LogP contribution in [-0.2, 0) is 9.59 Å². The molecule has 0 bridgehead atoms. The molecule has 4 rings (SSSR count). The number of fused-ring (bicyclic) bond motifs is 2. The SMILES string of the molecule is Cc1cc(O)c2c(c1)C(=O)C(=O)C(C1=C(O)c3c(O)cc(C)cc3C(=O)C1=O)=C2O. The first-order valence-corrected chi connectivity index (χ1v) is 8.77. The summed E-state index contributed by atoms with van der Waals surface area (Å²) in [6.45, 7) is 3.13. The minimum Gasteiger partial charge on any atom is -0.507 e. The third-order valence-corrected chi connectivity index (χ3v) is 5.08. The molecule has 0 aliphatic heterocycles. The standard InChI is InChI=1S/C22H14O8/c1-7-3-9-13(11(23)5-7)19(27)15(21(29)17(9)25)16-20(28)14-10(18(26)22(16)30)4-8(2)6-12(14)24/h3-6,23-24,27-28H,1-2H3. The van der Waals surface area contributed by atoms with E-state index in [4.69, 9.17) is 0 Å². The van der Waals surface area contributed by atoms with E-state index in [1.54, 1.807) is 13.8 Å². The molecule has 2 aromatic carbocycles. The van der Waals surface area contributed by atoms with Gasteiger partial charge in [0.25, 0.3) is 0 Å². The molecule has 2 aliphatic carbocycles. The second-order valence-corrected chi connectivity index (χ2v) is 7.18. The predicted octanol–water partition coefficient (Wildman–Crippen LogP) is 2.48. The van der Waals surface area contributed by atoms with Crippen LogP contribution in [0.25, 0.3) is 11.5 Å². The highest BCUT2D eigenvalue weighted by atomic mass is 16.3. The van der Waals surface area contributed by atoms with Gasteiger partial charge in [-0.3, -0.25) is 19.2 Å². The van der Waals surface area contributed by atoms with Crippen LogP contribution in [0.2, 0.25) is 0 Å². The number of phenolic OH excluding ortho intramolecular Hbond substituents is 2. The Morgan fingerprint density at radius 2 is 0.867 bits per heavy atom. The fraction of sp³-hybridized carbons (Fsp3) is 0.0909. The third-order valence-electron chi connectivity index (χ3n) is 5.08. The van der Waals surface area contributed by atoms with Gasteiger partial charge in [0, 0.05) is 11.1 Å².